The number of carbonyl (C=O) groups is 1. The van der Waals surface area contributed by atoms with Crippen molar-refractivity contribution in [3.8, 4) is 0 Å². The molecule has 1 heterocycles. The molecule has 0 bridgehead atoms. The highest BCUT2D eigenvalue weighted by molar-refractivity contribution is 5.76. The molecule has 0 unspecified atom stereocenters. The molecule has 0 aromatic carbocycles. The Morgan fingerprint density at radius 3 is 2.82 bits per heavy atom. The van der Waals surface area contributed by atoms with Crippen molar-refractivity contribution in [1.29, 1.82) is 0 Å². The van der Waals surface area contributed by atoms with Crippen LogP contribution in [0.4, 0.5) is 0 Å². The molecular formula is C11H19N5O. The summed E-state index contributed by atoms with van der Waals surface area (Å²) in [5.41, 5.74) is 5.61. The fourth-order valence-corrected chi connectivity index (χ4v) is 2.36. The van der Waals surface area contributed by atoms with Crippen molar-refractivity contribution in [3.05, 3.63) is 12.4 Å². The molecule has 0 saturated heterocycles. The van der Waals surface area contributed by atoms with Gasteiger partial charge in [0.05, 0.1) is 18.3 Å². The van der Waals surface area contributed by atoms with Gasteiger partial charge in [-0.15, -0.1) is 5.10 Å². The molecule has 1 fully saturated rings. The van der Waals surface area contributed by atoms with Gasteiger partial charge in [0, 0.05) is 19.2 Å². The first-order valence-electron chi connectivity index (χ1n) is 6.09. The summed E-state index contributed by atoms with van der Waals surface area (Å²) >= 11 is 0. The zero-order chi connectivity index (χ0) is 12.1. The van der Waals surface area contributed by atoms with Crippen LogP contribution in [0.25, 0.3) is 0 Å². The Bertz CT molecular complexity index is 356. The Balaban J connectivity index is 1.80. The highest BCUT2D eigenvalue weighted by atomic mass is 16.1. The minimum atomic E-state index is -0.153. The van der Waals surface area contributed by atoms with Crippen molar-refractivity contribution >= 4 is 5.91 Å². The van der Waals surface area contributed by atoms with Gasteiger partial charge in [0.15, 0.2) is 0 Å². The van der Waals surface area contributed by atoms with Crippen molar-refractivity contribution in [2.75, 3.05) is 6.54 Å². The number of nitrogens with zero attached hydrogens (tertiary/aromatic N) is 3. The third-order valence-electron chi connectivity index (χ3n) is 3.40. The summed E-state index contributed by atoms with van der Waals surface area (Å²) in [5.74, 6) is 0.0489. The monoisotopic (exact) mass is 237 g/mol. The number of amides is 1. The molecule has 0 spiro atoms. The number of rotatable bonds is 5. The second kappa shape index (κ2) is 5.27. The van der Waals surface area contributed by atoms with E-state index in [0.717, 1.165) is 25.7 Å². The SMILES string of the molecule is NCC1(NC(=O)CCn2ccnn2)CCCC1. The lowest BCUT2D eigenvalue weighted by molar-refractivity contribution is -0.123. The average molecular weight is 237 g/mol. The molecule has 1 aliphatic carbocycles. The molecule has 0 aliphatic heterocycles. The highest BCUT2D eigenvalue weighted by Crippen LogP contribution is 2.28. The van der Waals surface area contributed by atoms with Crippen LogP contribution in [0.1, 0.15) is 32.1 Å². The van der Waals surface area contributed by atoms with Gasteiger partial charge in [0.1, 0.15) is 0 Å². The molecule has 3 N–H and O–H groups in total. The smallest absolute Gasteiger partial charge is 0.222 e. The Morgan fingerprint density at radius 1 is 1.47 bits per heavy atom. The predicted molar refractivity (Wildman–Crippen MR) is 63.0 cm³/mol. The number of nitrogens with one attached hydrogen (secondary N) is 1. The molecular weight excluding hydrogens is 218 g/mol. The van der Waals surface area contributed by atoms with E-state index in [0.29, 0.717) is 19.5 Å². The van der Waals surface area contributed by atoms with E-state index in [1.165, 1.54) is 0 Å². The van der Waals surface area contributed by atoms with E-state index in [-0.39, 0.29) is 11.4 Å². The van der Waals surface area contributed by atoms with Gasteiger partial charge < -0.3 is 11.1 Å². The summed E-state index contributed by atoms with van der Waals surface area (Å²) in [7, 11) is 0. The van der Waals surface area contributed by atoms with E-state index in [9.17, 15) is 4.79 Å². The number of nitrogens with two attached hydrogens (primary N) is 1. The van der Waals surface area contributed by atoms with Crippen LogP contribution in [0.2, 0.25) is 0 Å². The Hall–Kier alpha value is -1.43. The number of hydrogen-bond donors (Lipinski definition) is 2. The lowest BCUT2D eigenvalue weighted by Crippen LogP contribution is -2.51. The maximum absolute atomic E-state index is 11.8. The second-order valence-electron chi connectivity index (χ2n) is 4.66. The molecule has 94 valence electrons. The van der Waals surface area contributed by atoms with Crippen LogP contribution in [-0.2, 0) is 11.3 Å². The van der Waals surface area contributed by atoms with Gasteiger partial charge in [-0.1, -0.05) is 18.1 Å². The minimum Gasteiger partial charge on any atom is -0.349 e. The summed E-state index contributed by atoms with van der Waals surface area (Å²) in [6.45, 7) is 1.09. The Labute approximate surface area is 101 Å². The fourth-order valence-electron chi connectivity index (χ4n) is 2.36. The normalized spacial score (nSPS) is 18.2. The second-order valence-corrected chi connectivity index (χ2v) is 4.66. The van der Waals surface area contributed by atoms with E-state index >= 15 is 0 Å². The molecule has 6 nitrogen and oxygen atoms in total. The quantitative estimate of drug-likeness (QED) is 0.758. The van der Waals surface area contributed by atoms with E-state index < -0.39 is 0 Å². The number of aromatic nitrogens is 3. The first kappa shape index (κ1) is 12.0. The van der Waals surface area contributed by atoms with Gasteiger partial charge in [-0.2, -0.15) is 0 Å². The van der Waals surface area contributed by atoms with Crippen LogP contribution in [-0.4, -0.2) is 33.0 Å². The molecule has 0 radical (unpaired) electrons. The maximum atomic E-state index is 11.8. The molecule has 1 aliphatic rings. The van der Waals surface area contributed by atoms with Gasteiger partial charge in [-0.25, -0.2) is 0 Å². The van der Waals surface area contributed by atoms with E-state index in [1.807, 2.05) is 0 Å². The number of aryl methyl sites for hydroxylation is 1. The van der Waals surface area contributed by atoms with Gasteiger partial charge in [-0.05, 0) is 12.8 Å². The predicted octanol–water partition coefficient (Wildman–Crippen LogP) is 0.0559. The van der Waals surface area contributed by atoms with Gasteiger partial charge in [0.25, 0.3) is 0 Å². The highest BCUT2D eigenvalue weighted by Gasteiger charge is 2.33. The van der Waals surface area contributed by atoms with Gasteiger partial charge in [-0.3, -0.25) is 9.48 Å². The van der Waals surface area contributed by atoms with Gasteiger partial charge >= 0.3 is 0 Å². The molecule has 17 heavy (non-hydrogen) atoms. The zero-order valence-electron chi connectivity index (χ0n) is 9.93. The first-order chi connectivity index (χ1) is 8.24. The van der Waals surface area contributed by atoms with Crippen molar-refractivity contribution in [2.24, 2.45) is 5.73 Å². The van der Waals surface area contributed by atoms with E-state index in [4.69, 9.17) is 5.73 Å². The summed E-state index contributed by atoms with van der Waals surface area (Å²) in [6, 6.07) is 0. The van der Waals surface area contributed by atoms with Crippen LogP contribution >= 0.6 is 0 Å². The van der Waals surface area contributed by atoms with Crippen LogP contribution in [0.5, 0.6) is 0 Å². The largest absolute Gasteiger partial charge is 0.349 e. The van der Waals surface area contributed by atoms with Crippen molar-refractivity contribution in [3.63, 3.8) is 0 Å². The average Bonchev–Trinajstić information content (AvgIpc) is 2.98. The van der Waals surface area contributed by atoms with Crippen LogP contribution < -0.4 is 11.1 Å². The molecule has 0 atom stereocenters. The summed E-state index contributed by atoms with van der Waals surface area (Å²) < 4.78 is 1.66. The number of carbonyl (C=O) groups excluding carboxylic acids is 1. The fraction of sp³-hybridized carbons (Fsp3) is 0.727. The van der Waals surface area contributed by atoms with Crippen LogP contribution in [0.15, 0.2) is 12.4 Å². The molecule has 2 rings (SSSR count). The van der Waals surface area contributed by atoms with E-state index in [2.05, 4.69) is 15.6 Å². The van der Waals surface area contributed by atoms with Crippen LogP contribution in [0.3, 0.4) is 0 Å². The van der Waals surface area contributed by atoms with Crippen LogP contribution in [0, 0.1) is 0 Å². The minimum absolute atomic E-state index is 0.0489. The topological polar surface area (TPSA) is 85.8 Å². The molecule has 1 saturated carbocycles. The molecule has 1 aromatic heterocycles. The third kappa shape index (κ3) is 3.03. The molecule has 1 amide bonds. The van der Waals surface area contributed by atoms with Gasteiger partial charge in [0.2, 0.25) is 5.91 Å². The van der Waals surface area contributed by atoms with Crippen molar-refractivity contribution < 1.29 is 4.79 Å². The Kier molecular flexibility index (Phi) is 3.73. The van der Waals surface area contributed by atoms with Crippen molar-refractivity contribution in [1.82, 2.24) is 20.3 Å². The maximum Gasteiger partial charge on any atom is 0.222 e. The van der Waals surface area contributed by atoms with Crippen molar-refractivity contribution in [2.45, 2.75) is 44.2 Å². The Morgan fingerprint density at radius 2 is 2.24 bits per heavy atom. The first-order valence-corrected chi connectivity index (χ1v) is 6.09. The lowest BCUT2D eigenvalue weighted by atomic mass is 9.97. The zero-order valence-corrected chi connectivity index (χ0v) is 9.93. The molecule has 6 heteroatoms. The standard InChI is InChI=1S/C11H19N5O/c12-9-11(4-1-2-5-11)14-10(17)3-7-16-8-6-13-15-16/h6,8H,1-5,7,9,12H2,(H,14,17). The summed E-state index contributed by atoms with van der Waals surface area (Å²) in [6.07, 6.45) is 8.08. The summed E-state index contributed by atoms with van der Waals surface area (Å²) in [4.78, 5) is 11.8. The number of hydrogen-bond acceptors (Lipinski definition) is 4. The third-order valence-corrected chi connectivity index (χ3v) is 3.40. The lowest BCUT2D eigenvalue weighted by Gasteiger charge is -2.28. The molecule has 1 aromatic rings. The van der Waals surface area contributed by atoms with E-state index in [1.54, 1.807) is 17.1 Å². The summed E-state index contributed by atoms with van der Waals surface area (Å²) in [5, 5.41) is 10.6.